The van der Waals surface area contributed by atoms with Crippen LogP contribution in [0, 0.1) is 10.1 Å². The number of nitrogens with zero attached hydrogens (tertiary/aromatic N) is 4. The van der Waals surface area contributed by atoms with Gasteiger partial charge in [0.1, 0.15) is 42.4 Å². The van der Waals surface area contributed by atoms with E-state index in [0.717, 1.165) is 18.5 Å². The van der Waals surface area contributed by atoms with E-state index in [-0.39, 0.29) is 35.2 Å². The van der Waals surface area contributed by atoms with Gasteiger partial charge in [0.15, 0.2) is 23.5 Å². The molecule has 0 saturated carbocycles. The lowest BCUT2D eigenvalue weighted by atomic mass is 10.1. The number of aromatic nitrogens is 2. The molecule has 4 heterocycles. The van der Waals surface area contributed by atoms with Crippen molar-refractivity contribution >= 4 is 39.1 Å². The smallest absolute Gasteiger partial charge is 0.462 e. The number of Topliss-reactive ketones (excluding diaryl/α,β-unsaturated/α-hetero) is 1. The fourth-order valence-corrected chi connectivity index (χ4v) is 6.61. The SMILES string of the molecule is O=C1CC=Nc2c1ncn2[C@@H]1OC(COP(=O)(O)OP(=O)(O)OC[C@H]2O[C@H](Oc3ccc([N+](=O)[O-])cc3)[C@H](O)[C@@H]2O)[C@@H](O)[C@H]1O. The number of rotatable bonds is 12. The number of phosphoric ester groups is 2. The van der Waals surface area contributed by atoms with Crippen molar-refractivity contribution in [3.05, 3.63) is 46.4 Å². The molecule has 5 rings (SSSR count). The summed E-state index contributed by atoms with van der Waals surface area (Å²) in [6.45, 7) is -1.88. The Kier molecular flexibility index (Phi) is 9.64. The molecule has 3 aliphatic rings. The van der Waals surface area contributed by atoms with Gasteiger partial charge in [0.2, 0.25) is 6.29 Å². The maximum absolute atomic E-state index is 12.4. The number of nitro groups is 1. The molecule has 2 aromatic rings. The van der Waals surface area contributed by atoms with E-state index in [2.05, 4.69) is 23.3 Å². The Labute approximate surface area is 251 Å². The molecule has 0 amide bonds. The van der Waals surface area contributed by atoms with Gasteiger partial charge in [-0.05, 0) is 12.1 Å². The van der Waals surface area contributed by atoms with E-state index in [4.69, 9.17) is 14.2 Å². The molecule has 10 atom stereocenters. The molecule has 3 unspecified atom stereocenters. The van der Waals surface area contributed by atoms with Crippen LogP contribution in [0.4, 0.5) is 11.5 Å². The van der Waals surface area contributed by atoms with Crippen molar-refractivity contribution in [2.24, 2.45) is 4.99 Å². The van der Waals surface area contributed by atoms with E-state index in [9.17, 15) is 54.3 Å². The maximum atomic E-state index is 12.4. The lowest BCUT2D eigenvalue weighted by Gasteiger charge is -2.20. The van der Waals surface area contributed by atoms with Crippen LogP contribution in [0.5, 0.6) is 5.75 Å². The van der Waals surface area contributed by atoms with Crippen LogP contribution >= 0.6 is 15.6 Å². The zero-order chi connectivity index (χ0) is 32.7. The van der Waals surface area contributed by atoms with Gasteiger partial charge >= 0.3 is 15.6 Å². The number of non-ortho nitro benzene ring substituents is 1. The number of hydrogen-bond donors (Lipinski definition) is 6. The summed E-state index contributed by atoms with van der Waals surface area (Å²) in [6, 6.07) is 4.65. The van der Waals surface area contributed by atoms with E-state index in [1.165, 1.54) is 22.9 Å². The summed E-state index contributed by atoms with van der Waals surface area (Å²) in [6.07, 6.45) is -10.1. The summed E-state index contributed by atoms with van der Waals surface area (Å²) in [7, 11) is -10.8. The normalized spacial score (nSPS) is 32.2. The van der Waals surface area contributed by atoms with Crippen LogP contribution in [0.1, 0.15) is 23.1 Å². The molecule has 0 aliphatic carbocycles. The minimum absolute atomic E-state index is 0.0204. The van der Waals surface area contributed by atoms with Crippen molar-refractivity contribution in [3.8, 4) is 5.75 Å². The number of fused-ring (bicyclic) bond motifs is 1. The first kappa shape index (κ1) is 33.4. The standard InChI is InChI=1S/C22H26N4O17P2/c27-12-5-6-23-20-15(12)24-9-25(20)21-18(30)16(28)13(41-21)7-38-44(34,35)43-45(36,37)39-8-14-17(29)19(31)22(42-14)40-11-3-1-10(2-4-11)26(32)33/h1-4,6,9,13-14,16-19,21-22,28-31H,5,7-8H2,(H,34,35)(H,36,37)/t13?,14-,16-,17-,18-,19-,21-,22+/m1/s1. The Balaban J connectivity index is 1.12. The van der Waals surface area contributed by atoms with E-state index in [1.807, 2.05) is 0 Å². The molecule has 1 aromatic carbocycles. The van der Waals surface area contributed by atoms with Crippen LogP contribution in [0.2, 0.25) is 0 Å². The number of ketones is 1. The minimum atomic E-state index is -5.40. The van der Waals surface area contributed by atoms with Gasteiger partial charge in [-0.1, -0.05) is 0 Å². The number of benzene rings is 1. The molecular formula is C22H26N4O17P2. The quantitative estimate of drug-likeness (QED) is 0.0933. The van der Waals surface area contributed by atoms with Gasteiger partial charge in [-0.2, -0.15) is 4.31 Å². The van der Waals surface area contributed by atoms with Crippen molar-refractivity contribution in [1.29, 1.82) is 0 Å². The summed E-state index contributed by atoms with van der Waals surface area (Å²) < 4.78 is 55.6. The van der Waals surface area contributed by atoms with E-state index in [1.54, 1.807) is 0 Å². The molecule has 1 aromatic heterocycles. The van der Waals surface area contributed by atoms with Crippen molar-refractivity contribution < 1.29 is 76.6 Å². The average Bonchev–Trinajstić information content (AvgIpc) is 3.61. The van der Waals surface area contributed by atoms with Crippen LogP contribution in [0.25, 0.3) is 0 Å². The average molecular weight is 680 g/mol. The predicted molar refractivity (Wildman–Crippen MR) is 142 cm³/mol. The molecule has 246 valence electrons. The van der Waals surface area contributed by atoms with Gasteiger partial charge in [-0.25, -0.2) is 19.1 Å². The third kappa shape index (κ3) is 7.36. The molecule has 2 saturated heterocycles. The summed E-state index contributed by atoms with van der Waals surface area (Å²) in [5, 5.41) is 52.0. The second-order valence-corrected chi connectivity index (χ2v) is 12.9. The van der Waals surface area contributed by atoms with Crippen molar-refractivity contribution in [2.75, 3.05) is 13.2 Å². The minimum Gasteiger partial charge on any atom is -0.462 e. The summed E-state index contributed by atoms with van der Waals surface area (Å²) in [4.78, 5) is 50.1. The lowest BCUT2D eigenvalue weighted by Crippen LogP contribution is -2.35. The Morgan fingerprint density at radius 2 is 1.56 bits per heavy atom. The summed E-state index contributed by atoms with van der Waals surface area (Å²) in [5.41, 5.74) is -0.215. The number of aliphatic imine (C=N–C) groups is 1. The van der Waals surface area contributed by atoms with Crippen molar-refractivity contribution in [3.63, 3.8) is 0 Å². The third-order valence-electron chi connectivity index (χ3n) is 6.76. The first-order valence-corrected chi connectivity index (χ1v) is 15.9. The fourth-order valence-electron chi connectivity index (χ4n) is 4.52. The Morgan fingerprint density at radius 1 is 0.956 bits per heavy atom. The number of imidazole rings is 1. The maximum Gasteiger partial charge on any atom is 0.481 e. The summed E-state index contributed by atoms with van der Waals surface area (Å²) >= 11 is 0. The topological polar surface area (TPSA) is 301 Å². The number of hydrogen-bond acceptors (Lipinski definition) is 17. The Morgan fingerprint density at radius 3 is 2.18 bits per heavy atom. The van der Waals surface area contributed by atoms with Crippen molar-refractivity contribution in [1.82, 2.24) is 9.55 Å². The van der Waals surface area contributed by atoms with Crippen LogP contribution in [-0.4, -0.2) is 113 Å². The van der Waals surface area contributed by atoms with Crippen LogP contribution < -0.4 is 4.74 Å². The molecule has 21 nitrogen and oxygen atoms in total. The highest BCUT2D eigenvalue weighted by Gasteiger charge is 2.48. The number of ether oxygens (including phenoxy) is 3. The molecule has 0 spiro atoms. The Hall–Kier alpha value is -3.01. The number of carbonyl (C=O) groups is 1. The monoisotopic (exact) mass is 680 g/mol. The summed E-state index contributed by atoms with van der Waals surface area (Å²) in [5.74, 6) is -0.246. The molecule has 6 N–H and O–H groups in total. The molecule has 2 fully saturated rings. The number of aliphatic hydroxyl groups excluding tert-OH is 4. The third-order valence-corrected chi connectivity index (χ3v) is 9.36. The fraction of sp³-hybridized carbons (Fsp3) is 0.500. The molecule has 0 radical (unpaired) electrons. The number of nitro benzene ring substituents is 1. The van der Waals surface area contributed by atoms with E-state index < -0.39 is 82.9 Å². The number of phosphoric acid groups is 2. The highest BCUT2D eigenvalue weighted by atomic mass is 31.3. The lowest BCUT2D eigenvalue weighted by molar-refractivity contribution is -0.384. The predicted octanol–water partition coefficient (Wildman–Crippen LogP) is -0.525. The van der Waals surface area contributed by atoms with Gasteiger partial charge in [-0.15, -0.1) is 0 Å². The number of carbonyl (C=O) groups excluding carboxylic acids is 1. The molecule has 45 heavy (non-hydrogen) atoms. The highest BCUT2D eigenvalue weighted by Crippen LogP contribution is 2.60. The highest BCUT2D eigenvalue weighted by molar-refractivity contribution is 7.61. The van der Waals surface area contributed by atoms with Gasteiger partial charge in [0.05, 0.1) is 24.5 Å². The van der Waals surface area contributed by atoms with Gasteiger partial charge in [0, 0.05) is 24.8 Å². The molecule has 0 bridgehead atoms. The zero-order valence-electron chi connectivity index (χ0n) is 22.6. The molecular weight excluding hydrogens is 654 g/mol. The molecule has 23 heteroatoms. The van der Waals surface area contributed by atoms with Crippen LogP contribution in [-0.2, 0) is 32.0 Å². The number of aliphatic hydroxyl groups is 4. The van der Waals surface area contributed by atoms with Gasteiger partial charge < -0.3 is 44.4 Å². The Bertz CT molecular complexity index is 1550. The van der Waals surface area contributed by atoms with E-state index in [0.29, 0.717) is 0 Å². The van der Waals surface area contributed by atoms with Gasteiger partial charge in [-0.3, -0.25) is 28.5 Å². The zero-order valence-corrected chi connectivity index (χ0v) is 24.4. The van der Waals surface area contributed by atoms with Crippen LogP contribution in [0.3, 0.4) is 0 Å². The van der Waals surface area contributed by atoms with Crippen molar-refractivity contribution in [2.45, 2.75) is 55.6 Å². The first-order chi connectivity index (χ1) is 21.2. The second kappa shape index (κ2) is 13.0. The largest absolute Gasteiger partial charge is 0.481 e. The molecule has 3 aliphatic heterocycles. The second-order valence-electron chi connectivity index (χ2n) is 9.81. The van der Waals surface area contributed by atoms with Crippen LogP contribution in [0.15, 0.2) is 35.6 Å². The van der Waals surface area contributed by atoms with E-state index >= 15 is 0 Å². The van der Waals surface area contributed by atoms with Gasteiger partial charge in [0.25, 0.3) is 5.69 Å². The first-order valence-electron chi connectivity index (χ1n) is 12.9.